The van der Waals surface area contributed by atoms with E-state index in [2.05, 4.69) is 30.7 Å². The van der Waals surface area contributed by atoms with Gasteiger partial charge in [0.05, 0.1) is 12.6 Å². The minimum absolute atomic E-state index is 0.506. The molecule has 0 spiro atoms. The second-order valence-electron chi connectivity index (χ2n) is 5.59. The van der Waals surface area contributed by atoms with Crippen LogP contribution in [0.25, 0.3) is 10.9 Å². The third-order valence-electron chi connectivity index (χ3n) is 4.49. The monoisotopic (exact) mass is 258 g/mol. The van der Waals surface area contributed by atoms with E-state index in [0.717, 1.165) is 18.7 Å². The van der Waals surface area contributed by atoms with Gasteiger partial charge in [0.2, 0.25) is 0 Å². The average Bonchev–Trinajstić information content (AvgIpc) is 2.72. The van der Waals surface area contributed by atoms with Gasteiger partial charge in [-0.15, -0.1) is 0 Å². The second-order valence-corrected chi connectivity index (χ2v) is 5.59. The minimum Gasteiger partial charge on any atom is -0.497 e. The molecule has 0 fully saturated rings. The summed E-state index contributed by atoms with van der Waals surface area (Å²) in [4.78, 5) is 0. The van der Waals surface area contributed by atoms with Gasteiger partial charge in [-0.1, -0.05) is 0 Å². The van der Waals surface area contributed by atoms with Crippen molar-refractivity contribution in [2.24, 2.45) is 12.8 Å². The largest absolute Gasteiger partial charge is 0.497 e. The van der Waals surface area contributed by atoms with Crippen LogP contribution < -0.4 is 10.5 Å². The normalized spacial score (nSPS) is 18.6. The fourth-order valence-electron chi connectivity index (χ4n) is 3.67. The maximum absolute atomic E-state index is 5.96. The van der Waals surface area contributed by atoms with Crippen molar-refractivity contribution in [3.63, 3.8) is 0 Å². The zero-order valence-corrected chi connectivity index (χ0v) is 12.0. The first-order chi connectivity index (χ1) is 9.17. The van der Waals surface area contributed by atoms with Gasteiger partial charge in [-0.3, -0.25) is 0 Å². The lowest BCUT2D eigenvalue weighted by molar-refractivity contribution is 0.415. The van der Waals surface area contributed by atoms with E-state index in [1.807, 2.05) is 0 Å². The Labute approximate surface area is 114 Å². The van der Waals surface area contributed by atoms with Crippen molar-refractivity contribution in [3.8, 4) is 5.75 Å². The lowest BCUT2D eigenvalue weighted by Crippen LogP contribution is -2.20. The highest BCUT2D eigenvalue weighted by Gasteiger charge is 2.26. The first-order valence-electron chi connectivity index (χ1n) is 7.03. The van der Waals surface area contributed by atoms with Gasteiger partial charge in [-0.25, -0.2) is 0 Å². The van der Waals surface area contributed by atoms with Crippen molar-refractivity contribution in [2.75, 3.05) is 13.7 Å². The molecule has 1 aromatic heterocycles. The Balaban J connectivity index is 2.34. The molecule has 2 N–H and O–H groups in total. The molecule has 0 saturated carbocycles. The molecule has 1 aliphatic rings. The Morgan fingerprint density at radius 2 is 2.21 bits per heavy atom. The first-order valence-corrected chi connectivity index (χ1v) is 7.03. The number of aromatic nitrogens is 1. The van der Waals surface area contributed by atoms with Crippen LogP contribution >= 0.6 is 0 Å². The number of ether oxygens (including phenoxy) is 1. The molecule has 3 heteroatoms. The van der Waals surface area contributed by atoms with Crippen molar-refractivity contribution in [1.82, 2.24) is 4.57 Å². The van der Waals surface area contributed by atoms with Gasteiger partial charge in [0.25, 0.3) is 0 Å². The van der Waals surface area contributed by atoms with E-state index in [9.17, 15) is 0 Å². The van der Waals surface area contributed by atoms with Crippen molar-refractivity contribution in [1.29, 1.82) is 0 Å². The molecule has 0 aliphatic heterocycles. The smallest absolute Gasteiger partial charge is 0.119 e. The summed E-state index contributed by atoms with van der Waals surface area (Å²) in [5.74, 6) is 1.46. The number of benzene rings is 1. The molecule has 1 heterocycles. The van der Waals surface area contributed by atoms with Gasteiger partial charge in [-0.2, -0.15) is 0 Å². The lowest BCUT2D eigenvalue weighted by atomic mass is 9.86. The number of hydrogen-bond acceptors (Lipinski definition) is 2. The van der Waals surface area contributed by atoms with Gasteiger partial charge in [0.1, 0.15) is 5.75 Å². The van der Waals surface area contributed by atoms with Gasteiger partial charge >= 0.3 is 0 Å². The molecule has 0 bridgehead atoms. The Morgan fingerprint density at radius 1 is 1.42 bits per heavy atom. The van der Waals surface area contributed by atoms with Crippen LogP contribution in [0.5, 0.6) is 5.75 Å². The maximum atomic E-state index is 5.96. The molecule has 19 heavy (non-hydrogen) atoms. The van der Waals surface area contributed by atoms with E-state index in [0.29, 0.717) is 5.92 Å². The molecule has 1 unspecified atom stereocenters. The number of methoxy groups -OCH3 is 1. The molecule has 3 nitrogen and oxygen atoms in total. The predicted molar refractivity (Wildman–Crippen MR) is 78.9 cm³/mol. The summed E-state index contributed by atoms with van der Waals surface area (Å²) in [6.07, 6.45) is 3.61. The maximum Gasteiger partial charge on any atom is 0.119 e. The third-order valence-corrected chi connectivity index (χ3v) is 4.49. The van der Waals surface area contributed by atoms with Crippen molar-refractivity contribution in [2.45, 2.75) is 32.1 Å². The number of hydrogen-bond donors (Lipinski definition) is 1. The second kappa shape index (κ2) is 4.57. The molecule has 1 aromatic carbocycles. The van der Waals surface area contributed by atoms with Crippen LogP contribution in [0.3, 0.4) is 0 Å². The molecule has 2 aromatic rings. The van der Waals surface area contributed by atoms with Crippen LogP contribution in [-0.4, -0.2) is 18.2 Å². The number of aryl methyl sites for hydroxylation is 3. The van der Waals surface area contributed by atoms with E-state index >= 15 is 0 Å². The van der Waals surface area contributed by atoms with Crippen LogP contribution in [0.15, 0.2) is 12.1 Å². The Kier molecular flexibility index (Phi) is 3.02. The van der Waals surface area contributed by atoms with E-state index in [-0.39, 0.29) is 0 Å². The van der Waals surface area contributed by atoms with Crippen LogP contribution in [0.1, 0.15) is 35.6 Å². The van der Waals surface area contributed by atoms with Crippen LogP contribution in [0.2, 0.25) is 0 Å². The summed E-state index contributed by atoms with van der Waals surface area (Å²) in [5.41, 5.74) is 11.5. The van der Waals surface area contributed by atoms with Crippen molar-refractivity contribution in [3.05, 3.63) is 29.0 Å². The van der Waals surface area contributed by atoms with Gasteiger partial charge in [-0.05, 0) is 49.4 Å². The third kappa shape index (κ3) is 1.76. The van der Waals surface area contributed by atoms with Crippen LogP contribution in [0.4, 0.5) is 0 Å². The number of nitrogens with two attached hydrogens (primary N) is 1. The van der Waals surface area contributed by atoms with Gasteiger partial charge in [0, 0.05) is 30.6 Å². The summed E-state index contributed by atoms with van der Waals surface area (Å²) in [6, 6.07) is 4.30. The molecule has 0 amide bonds. The summed E-state index contributed by atoms with van der Waals surface area (Å²) in [5, 5.41) is 1.35. The fraction of sp³-hybridized carbons (Fsp3) is 0.500. The quantitative estimate of drug-likeness (QED) is 0.899. The Hall–Kier alpha value is -1.48. The van der Waals surface area contributed by atoms with E-state index in [4.69, 9.17) is 10.5 Å². The molecule has 0 radical (unpaired) electrons. The van der Waals surface area contributed by atoms with Crippen LogP contribution in [0, 0.1) is 6.92 Å². The summed E-state index contributed by atoms with van der Waals surface area (Å²) in [6.45, 7) is 2.90. The molecule has 0 saturated heterocycles. The van der Waals surface area contributed by atoms with E-state index in [1.165, 1.54) is 40.6 Å². The molecule has 1 atom stereocenters. The lowest BCUT2D eigenvalue weighted by Gasteiger charge is -2.23. The number of rotatable bonds is 2. The van der Waals surface area contributed by atoms with Crippen molar-refractivity contribution >= 4 is 10.9 Å². The molecule has 102 valence electrons. The van der Waals surface area contributed by atoms with E-state index in [1.54, 1.807) is 7.11 Å². The zero-order valence-electron chi connectivity index (χ0n) is 12.0. The number of fused-ring (bicyclic) bond motifs is 3. The molecule has 3 rings (SSSR count). The topological polar surface area (TPSA) is 40.2 Å². The van der Waals surface area contributed by atoms with Crippen molar-refractivity contribution < 1.29 is 4.74 Å². The highest BCUT2D eigenvalue weighted by atomic mass is 16.5. The molecule has 1 aliphatic carbocycles. The van der Waals surface area contributed by atoms with Crippen LogP contribution in [-0.2, 0) is 13.5 Å². The fourth-order valence-corrected chi connectivity index (χ4v) is 3.67. The van der Waals surface area contributed by atoms with E-state index < -0.39 is 0 Å². The summed E-state index contributed by atoms with van der Waals surface area (Å²) in [7, 11) is 3.91. The zero-order chi connectivity index (χ0) is 13.6. The summed E-state index contributed by atoms with van der Waals surface area (Å²) < 4.78 is 7.78. The SMILES string of the molecule is COc1cc(C)c2c(c1)c1c(n2C)C(CN)CCC1. The predicted octanol–water partition coefficient (Wildman–Crippen LogP) is 2.87. The number of nitrogens with zero attached hydrogens (tertiary/aromatic N) is 1. The Bertz CT molecular complexity index is 627. The highest BCUT2D eigenvalue weighted by Crippen LogP contribution is 2.39. The minimum atomic E-state index is 0.506. The van der Waals surface area contributed by atoms with Gasteiger partial charge in [0.15, 0.2) is 0 Å². The first kappa shape index (κ1) is 12.5. The highest BCUT2D eigenvalue weighted by molar-refractivity contribution is 5.90. The summed E-state index contributed by atoms with van der Waals surface area (Å²) >= 11 is 0. The average molecular weight is 258 g/mol. The molecular weight excluding hydrogens is 236 g/mol. The van der Waals surface area contributed by atoms with Gasteiger partial charge < -0.3 is 15.0 Å². The molecular formula is C16H22N2O. The Morgan fingerprint density at radius 3 is 2.89 bits per heavy atom. The standard InChI is InChI=1S/C16H22N2O/c1-10-7-12(19-3)8-14-13-6-4-5-11(9-17)16(13)18(2)15(10)14/h7-8,11H,4-6,9,17H2,1-3H3.